The number of carbonyl (C=O) groups excluding carboxylic acids is 2. The lowest BCUT2D eigenvalue weighted by Gasteiger charge is -2.16. The largest absolute Gasteiger partial charge is 0.361 e. The summed E-state index contributed by atoms with van der Waals surface area (Å²) in [6.45, 7) is 3.00. The number of hydrogen-bond acceptors (Lipinski definition) is 4. The first-order valence-electron chi connectivity index (χ1n) is 10.2. The normalized spacial score (nSPS) is 16.5. The van der Waals surface area contributed by atoms with E-state index in [0.29, 0.717) is 29.7 Å². The lowest BCUT2D eigenvalue weighted by Crippen LogP contribution is -2.29. The van der Waals surface area contributed by atoms with Crippen LogP contribution in [0.3, 0.4) is 0 Å². The molecule has 5 rings (SSSR count). The summed E-state index contributed by atoms with van der Waals surface area (Å²) in [5.41, 5.74) is 4.12. The van der Waals surface area contributed by atoms with E-state index < -0.39 is 0 Å². The number of halogens is 1. The molecule has 0 unspecified atom stereocenters. The number of rotatable bonds is 5. The van der Waals surface area contributed by atoms with Crippen LogP contribution in [0.2, 0.25) is 5.02 Å². The van der Waals surface area contributed by atoms with Gasteiger partial charge < -0.3 is 15.2 Å². The SMILES string of the molecule is Cc1cccc2sc(NC(=O)[C@@H]3CC(=O)N(CCc4c[nH]c5ccc(Cl)cc45)C3)nc12. The minimum atomic E-state index is -0.363. The van der Waals surface area contributed by atoms with Gasteiger partial charge in [0.05, 0.1) is 16.1 Å². The van der Waals surface area contributed by atoms with E-state index in [9.17, 15) is 9.59 Å². The standard InChI is InChI=1S/C23H21ClN4O2S/c1-13-3-2-4-19-21(13)26-23(31-19)27-22(30)15-9-20(29)28(12-15)8-7-14-11-25-18-6-5-16(24)10-17(14)18/h2-6,10-11,15,25H,7-9,12H2,1H3,(H,26,27,30)/t15-/m1/s1. The molecule has 1 aliphatic rings. The summed E-state index contributed by atoms with van der Waals surface area (Å²) < 4.78 is 1.04. The van der Waals surface area contributed by atoms with Crippen molar-refractivity contribution in [1.29, 1.82) is 0 Å². The quantitative estimate of drug-likeness (QED) is 0.458. The Labute approximate surface area is 188 Å². The molecule has 0 bridgehead atoms. The zero-order valence-electron chi connectivity index (χ0n) is 16.9. The molecule has 2 amide bonds. The molecule has 1 atom stereocenters. The molecule has 1 saturated heterocycles. The second kappa shape index (κ2) is 7.98. The van der Waals surface area contributed by atoms with Gasteiger partial charge >= 0.3 is 0 Å². The minimum absolute atomic E-state index is 0.0122. The van der Waals surface area contributed by atoms with E-state index in [0.717, 1.165) is 32.2 Å². The van der Waals surface area contributed by atoms with Crippen LogP contribution in [-0.4, -0.2) is 39.8 Å². The zero-order valence-corrected chi connectivity index (χ0v) is 18.5. The number of nitrogens with zero attached hydrogens (tertiary/aromatic N) is 2. The van der Waals surface area contributed by atoms with Crippen molar-refractivity contribution >= 4 is 61.0 Å². The van der Waals surface area contributed by atoms with Crippen LogP contribution in [0.15, 0.2) is 42.6 Å². The molecule has 0 aliphatic carbocycles. The Kier molecular flexibility index (Phi) is 5.16. The van der Waals surface area contributed by atoms with Crippen LogP contribution in [0.4, 0.5) is 5.13 Å². The molecular formula is C23H21ClN4O2S. The Morgan fingerprint density at radius 1 is 1.35 bits per heavy atom. The predicted octanol–water partition coefficient (Wildman–Crippen LogP) is 4.77. The molecule has 2 aromatic carbocycles. The summed E-state index contributed by atoms with van der Waals surface area (Å²) in [5.74, 6) is -0.498. The molecule has 31 heavy (non-hydrogen) atoms. The molecule has 4 aromatic rings. The number of nitrogens with one attached hydrogen (secondary N) is 2. The van der Waals surface area contributed by atoms with Gasteiger partial charge in [0.1, 0.15) is 0 Å². The monoisotopic (exact) mass is 452 g/mol. The summed E-state index contributed by atoms with van der Waals surface area (Å²) in [4.78, 5) is 34.8. The third-order valence-corrected chi connectivity index (χ3v) is 6.99. The second-order valence-corrected chi connectivity index (χ2v) is 9.39. The number of aryl methyl sites for hydroxylation is 1. The highest BCUT2D eigenvalue weighted by molar-refractivity contribution is 7.22. The maximum Gasteiger partial charge on any atom is 0.231 e. The van der Waals surface area contributed by atoms with Gasteiger partial charge in [0, 0.05) is 41.6 Å². The number of H-pyrrole nitrogens is 1. The lowest BCUT2D eigenvalue weighted by molar-refractivity contribution is -0.128. The highest BCUT2D eigenvalue weighted by atomic mass is 35.5. The first-order chi connectivity index (χ1) is 15.0. The minimum Gasteiger partial charge on any atom is -0.361 e. The van der Waals surface area contributed by atoms with E-state index >= 15 is 0 Å². The van der Waals surface area contributed by atoms with Crippen LogP contribution in [0.5, 0.6) is 0 Å². The maximum absolute atomic E-state index is 12.8. The van der Waals surface area contributed by atoms with Crippen molar-refractivity contribution in [3.8, 4) is 0 Å². The Hall–Kier alpha value is -2.90. The van der Waals surface area contributed by atoms with E-state index in [2.05, 4.69) is 15.3 Å². The number of benzene rings is 2. The Balaban J connectivity index is 1.23. The van der Waals surface area contributed by atoms with Gasteiger partial charge in [0.2, 0.25) is 11.8 Å². The molecule has 1 aliphatic heterocycles. The third kappa shape index (κ3) is 3.91. The number of aromatic amines is 1. The van der Waals surface area contributed by atoms with Crippen molar-refractivity contribution in [1.82, 2.24) is 14.9 Å². The zero-order chi connectivity index (χ0) is 21.5. The maximum atomic E-state index is 12.8. The van der Waals surface area contributed by atoms with Gasteiger partial charge in [-0.05, 0) is 48.7 Å². The molecule has 158 valence electrons. The first kappa shape index (κ1) is 20.0. The molecule has 0 radical (unpaired) electrons. The van der Waals surface area contributed by atoms with Gasteiger partial charge in [-0.15, -0.1) is 0 Å². The van der Waals surface area contributed by atoms with Gasteiger partial charge in [-0.1, -0.05) is 35.1 Å². The van der Waals surface area contributed by atoms with E-state index in [-0.39, 0.29) is 24.2 Å². The number of carbonyl (C=O) groups is 2. The molecule has 1 fully saturated rings. The fourth-order valence-corrected chi connectivity index (χ4v) is 5.24. The van der Waals surface area contributed by atoms with E-state index in [1.807, 2.05) is 49.5 Å². The van der Waals surface area contributed by atoms with E-state index in [1.54, 1.807) is 4.90 Å². The summed E-state index contributed by atoms with van der Waals surface area (Å²) in [6.07, 6.45) is 2.90. The average molecular weight is 453 g/mol. The van der Waals surface area contributed by atoms with Crippen LogP contribution < -0.4 is 5.32 Å². The Morgan fingerprint density at radius 2 is 2.23 bits per heavy atom. The summed E-state index contributed by atoms with van der Waals surface area (Å²) in [5, 5.41) is 5.25. The predicted molar refractivity (Wildman–Crippen MR) is 125 cm³/mol. The molecule has 6 nitrogen and oxygen atoms in total. The smallest absolute Gasteiger partial charge is 0.231 e. The number of amides is 2. The van der Waals surface area contributed by atoms with Crippen LogP contribution >= 0.6 is 22.9 Å². The first-order valence-corrected chi connectivity index (χ1v) is 11.4. The van der Waals surface area contributed by atoms with Gasteiger partial charge in [0.25, 0.3) is 0 Å². The van der Waals surface area contributed by atoms with Crippen LogP contribution in [0.1, 0.15) is 17.5 Å². The highest BCUT2D eigenvalue weighted by Gasteiger charge is 2.34. The molecule has 0 spiro atoms. The summed E-state index contributed by atoms with van der Waals surface area (Å²) >= 11 is 7.58. The number of anilines is 1. The topological polar surface area (TPSA) is 78.1 Å². The fourth-order valence-electron chi connectivity index (χ4n) is 4.12. The number of likely N-dealkylation sites (tertiary alicyclic amines) is 1. The number of para-hydroxylation sites is 1. The van der Waals surface area contributed by atoms with Gasteiger partial charge in [-0.25, -0.2) is 4.98 Å². The van der Waals surface area contributed by atoms with Gasteiger partial charge in [-0.3, -0.25) is 9.59 Å². The fraction of sp³-hybridized carbons (Fsp3) is 0.261. The van der Waals surface area contributed by atoms with Crippen LogP contribution in [-0.2, 0) is 16.0 Å². The van der Waals surface area contributed by atoms with E-state index in [1.165, 1.54) is 11.3 Å². The van der Waals surface area contributed by atoms with Crippen molar-refractivity contribution < 1.29 is 9.59 Å². The molecule has 3 heterocycles. The second-order valence-electron chi connectivity index (χ2n) is 7.92. The Bertz CT molecular complexity index is 1310. The van der Waals surface area contributed by atoms with Crippen molar-refractivity contribution in [3.63, 3.8) is 0 Å². The number of aromatic nitrogens is 2. The number of fused-ring (bicyclic) bond motifs is 2. The van der Waals surface area contributed by atoms with Crippen LogP contribution in [0.25, 0.3) is 21.1 Å². The average Bonchev–Trinajstić information content (AvgIpc) is 3.43. The molecular weight excluding hydrogens is 432 g/mol. The van der Waals surface area contributed by atoms with Crippen LogP contribution in [0, 0.1) is 12.8 Å². The van der Waals surface area contributed by atoms with Crippen molar-refractivity contribution in [2.45, 2.75) is 19.8 Å². The number of thiazole rings is 1. The third-order valence-electron chi connectivity index (χ3n) is 5.82. The lowest BCUT2D eigenvalue weighted by atomic mass is 10.1. The molecule has 0 saturated carbocycles. The Morgan fingerprint density at radius 3 is 3.06 bits per heavy atom. The molecule has 2 aromatic heterocycles. The van der Waals surface area contributed by atoms with Crippen molar-refractivity contribution in [3.05, 3.63) is 58.7 Å². The van der Waals surface area contributed by atoms with Crippen molar-refractivity contribution in [2.24, 2.45) is 5.92 Å². The van der Waals surface area contributed by atoms with Crippen molar-refractivity contribution in [2.75, 3.05) is 18.4 Å². The summed E-state index contributed by atoms with van der Waals surface area (Å²) in [6, 6.07) is 11.7. The summed E-state index contributed by atoms with van der Waals surface area (Å²) in [7, 11) is 0. The van der Waals surface area contributed by atoms with Gasteiger partial charge in [0.15, 0.2) is 5.13 Å². The van der Waals surface area contributed by atoms with E-state index in [4.69, 9.17) is 11.6 Å². The highest BCUT2D eigenvalue weighted by Crippen LogP contribution is 2.29. The molecule has 8 heteroatoms. The number of hydrogen-bond donors (Lipinski definition) is 2. The molecule has 2 N–H and O–H groups in total. The van der Waals surface area contributed by atoms with Gasteiger partial charge in [-0.2, -0.15) is 0 Å².